The molecule has 5 rings (SSSR count). The molecule has 1 heterocycles. The van der Waals surface area contributed by atoms with Crippen LogP contribution in [0.4, 0.5) is 4.79 Å². The lowest BCUT2D eigenvalue weighted by atomic mass is 10.1. The SMILES string of the molecule is COc1cc(/C=C2\SC(=O)N(CCOc3cccc4ccccc34)C2=O)cc(Br)c1OC(=O)c1ccccc1Cl. The maximum atomic E-state index is 13.1. The lowest BCUT2D eigenvalue weighted by molar-refractivity contribution is -0.123. The smallest absolute Gasteiger partial charge is 0.345 e. The molecule has 0 aliphatic carbocycles. The third-order valence-corrected chi connectivity index (χ3v) is 7.86. The Labute approximate surface area is 247 Å². The molecule has 202 valence electrons. The average molecular weight is 639 g/mol. The van der Waals surface area contributed by atoms with E-state index in [1.165, 1.54) is 7.11 Å². The molecule has 0 bridgehead atoms. The Hall–Kier alpha value is -3.79. The van der Waals surface area contributed by atoms with Gasteiger partial charge in [0.05, 0.1) is 33.6 Å². The number of esters is 1. The van der Waals surface area contributed by atoms with Crippen molar-refractivity contribution >= 4 is 73.3 Å². The maximum Gasteiger partial charge on any atom is 0.345 e. The Balaban J connectivity index is 1.29. The van der Waals surface area contributed by atoms with Crippen molar-refractivity contribution in [3.63, 3.8) is 0 Å². The quantitative estimate of drug-likeness (QED) is 0.112. The van der Waals surface area contributed by atoms with Crippen LogP contribution in [0.15, 0.2) is 88.2 Å². The molecule has 0 spiro atoms. The zero-order chi connectivity index (χ0) is 28.2. The van der Waals surface area contributed by atoms with E-state index in [2.05, 4.69) is 15.9 Å². The number of carbonyl (C=O) groups excluding carboxylic acids is 3. The van der Waals surface area contributed by atoms with Gasteiger partial charge in [0.25, 0.3) is 11.1 Å². The van der Waals surface area contributed by atoms with Gasteiger partial charge in [-0.2, -0.15) is 0 Å². The van der Waals surface area contributed by atoms with Gasteiger partial charge < -0.3 is 14.2 Å². The van der Waals surface area contributed by atoms with Crippen molar-refractivity contribution in [2.75, 3.05) is 20.3 Å². The highest BCUT2D eigenvalue weighted by atomic mass is 79.9. The van der Waals surface area contributed by atoms with Crippen LogP contribution in [0.25, 0.3) is 16.8 Å². The van der Waals surface area contributed by atoms with Crippen LogP contribution in [-0.2, 0) is 4.79 Å². The molecule has 0 radical (unpaired) electrons. The molecule has 1 fully saturated rings. The van der Waals surface area contributed by atoms with Gasteiger partial charge >= 0.3 is 5.97 Å². The number of rotatable bonds is 8. The predicted molar refractivity (Wildman–Crippen MR) is 159 cm³/mol. The van der Waals surface area contributed by atoms with Crippen molar-refractivity contribution in [3.05, 3.63) is 104 Å². The first kappa shape index (κ1) is 27.8. The van der Waals surface area contributed by atoms with Crippen molar-refractivity contribution in [3.8, 4) is 17.2 Å². The minimum absolute atomic E-state index is 0.106. The second-order valence-corrected chi connectivity index (χ2v) is 10.8. The summed E-state index contributed by atoms with van der Waals surface area (Å²) in [5.41, 5.74) is 0.777. The lowest BCUT2D eigenvalue weighted by Crippen LogP contribution is -2.32. The van der Waals surface area contributed by atoms with Crippen LogP contribution in [0.5, 0.6) is 17.2 Å². The molecule has 1 saturated heterocycles. The molecule has 0 aromatic heterocycles. The van der Waals surface area contributed by atoms with Gasteiger partial charge in [-0.25, -0.2) is 4.79 Å². The van der Waals surface area contributed by atoms with E-state index in [0.29, 0.717) is 15.8 Å². The second kappa shape index (κ2) is 12.2. The van der Waals surface area contributed by atoms with E-state index in [9.17, 15) is 14.4 Å². The Morgan fingerprint density at radius 2 is 1.75 bits per heavy atom. The highest BCUT2D eigenvalue weighted by Crippen LogP contribution is 2.40. The van der Waals surface area contributed by atoms with Gasteiger partial charge in [-0.15, -0.1) is 0 Å². The molecule has 2 amide bonds. The molecule has 4 aromatic rings. The highest BCUT2D eigenvalue weighted by molar-refractivity contribution is 9.10. The number of ether oxygens (including phenoxy) is 3. The number of amides is 2. The first-order valence-corrected chi connectivity index (χ1v) is 14.0. The van der Waals surface area contributed by atoms with Crippen LogP contribution in [0.1, 0.15) is 15.9 Å². The maximum absolute atomic E-state index is 13.1. The summed E-state index contributed by atoms with van der Waals surface area (Å²) >= 11 is 10.4. The van der Waals surface area contributed by atoms with Gasteiger partial charge in [-0.3, -0.25) is 14.5 Å². The van der Waals surface area contributed by atoms with Crippen LogP contribution in [0.3, 0.4) is 0 Å². The minimum Gasteiger partial charge on any atom is -0.493 e. The highest BCUT2D eigenvalue weighted by Gasteiger charge is 2.35. The van der Waals surface area contributed by atoms with Crippen LogP contribution in [-0.4, -0.2) is 42.3 Å². The first-order chi connectivity index (χ1) is 19.4. The summed E-state index contributed by atoms with van der Waals surface area (Å²) in [5.74, 6) is 0.0323. The predicted octanol–water partition coefficient (Wildman–Crippen LogP) is 7.60. The van der Waals surface area contributed by atoms with Crippen molar-refractivity contribution in [1.29, 1.82) is 0 Å². The molecule has 1 aliphatic rings. The summed E-state index contributed by atoms with van der Waals surface area (Å²) in [7, 11) is 1.43. The topological polar surface area (TPSA) is 82.1 Å². The Morgan fingerprint density at radius 3 is 2.55 bits per heavy atom. The lowest BCUT2D eigenvalue weighted by Gasteiger charge is -2.14. The summed E-state index contributed by atoms with van der Waals surface area (Å²) < 4.78 is 17.3. The van der Waals surface area contributed by atoms with E-state index in [4.69, 9.17) is 25.8 Å². The van der Waals surface area contributed by atoms with Gasteiger partial charge in [-0.1, -0.05) is 60.1 Å². The fourth-order valence-electron chi connectivity index (χ4n) is 4.11. The third kappa shape index (κ3) is 5.86. The number of fused-ring (bicyclic) bond motifs is 1. The van der Waals surface area contributed by atoms with Crippen LogP contribution >= 0.6 is 39.3 Å². The summed E-state index contributed by atoms with van der Waals surface area (Å²) in [5, 5.41) is 1.88. The molecule has 0 N–H and O–H groups in total. The Morgan fingerprint density at radius 1 is 1.00 bits per heavy atom. The Bertz CT molecular complexity index is 1670. The number of carbonyl (C=O) groups is 3. The van der Waals surface area contributed by atoms with E-state index in [1.807, 2.05) is 42.5 Å². The zero-order valence-electron chi connectivity index (χ0n) is 21.1. The number of halogens is 2. The van der Waals surface area contributed by atoms with Crippen molar-refractivity contribution in [1.82, 2.24) is 4.90 Å². The van der Waals surface area contributed by atoms with E-state index in [-0.39, 0.29) is 45.4 Å². The summed E-state index contributed by atoms with van der Waals surface area (Å²) in [6.45, 7) is 0.263. The minimum atomic E-state index is -0.649. The van der Waals surface area contributed by atoms with Gasteiger partial charge in [-0.05, 0) is 75.0 Å². The number of nitrogens with zero attached hydrogens (tertiary/aromatic N) is 1. The van der Waals surface area contributed by atoms with Crippen molar-refractivity contribution < 1.29 is 28.6 Å². The largest absolute Gasteiger partial charge is 0.493 e. The van der Waals surface area contributed by atoms with Crippen LogP contribution in [0.2, 0.25) is 5.02 Å². The van der Waals surface area contributed by atoms with Gasteiger partial charge in [0.15, 0.2) is 11.5 Å². The number of hydrogen-bond acceptors (Lipinski definition) is 7. The average Bonchev–Trinajstić information content (AvgIpc) is 3.21. The molecule has 0 unspecified atom stereocenters. The van der Waals surface area contributed by atoms with E-state index in [0.717, 1.165) is 27.4 Å². The van der Waals surface area contributed by atoms with Gasteiger partial charge in [0.1, 0.15) is 12.4 Å². The van der Waals surface area contributed by atoms with E-state index < -0.39 is 11.9 Å². The van der Waals surface area contributed by atoms with Crippen molar-refractivity contribution in [2.24, 2.45) is 0 Å². The third-order valence-electron chi connectivity index (χ3n) is 6.03. The number of benzene rings is 4. The monoisotopic (exact) mass is 637 g/mol. The standard InChI is InChI=1S/C30H21BrClNO6S/c1-37-25-16-18(15-22(31)27(25)39-29(35)21-10-4-5-11-23(21)32)17-26-28(34)33(30(36)40-26)13-14-38-24-12-6-8-19-7-2-3-9-20(19)24/h2-12,15-17H,13-14H2,1H3/b26-17-. The number of hydrogen-bond donors (Lipinski definition) is 0. The molecule has 0 saturated carbocycles. The molecule has 0 atom stereocenters. The molecule has 7 nitrogen and oxygen atoms in total. The Kier molecular flexibility index (Phi) is 8.44. The molecule has 4 aromatic carbocycles. The molecule has 1 aliphatic heterocycles. The summed E-state index contributed by atoms with van der Waals surface area (Å²) in [6, 6.07) is 23.4. The zero-order valence-corrected chi connectivity index (χ0v) is 24.2. The fourth-order valence-corrected chi connectivity index (χ4v) is 5.73. The van der Waals surface area contributed by atoms with E-state index >= 15 is 0 Å². The van der Waals surface area contributed by atoms with Gasteiger partial charge in [0.2, 0.25) is 0 Å². The summed E-state index contributed by atoms with van der Waals surface area (Å²) in [6.07, 6.45) is 1.59. The fraction of sp³-hybridized carbons (Fsp3) is 0.100. The van der Waals surface area contributed by atoms with Crippen molar-refractivity contribution in [2.45, 2.75) is 0 Å². The van der Waals surface area contributed by atoms with Crippen LogP contribution < -0.4 is 14.2 Å². The number of imide groups is 1. The molecular formula is C30H21BrClNO6S. The van der Waals surface area contributed by atoms with E-state index in [1.54, 1.807) is 42.5 Å². The molecule has 40 heavy (non-hydrogen) atoms. The van der Waals surface area contributed by atoms with Gasteiger partial charge in [0, 0.05) is 5.39 Å². The van der Waals surface area contributed by atoms with Crippen LogP contribution in [0, 0.1) is 0 Å². The summed E-state index contributed by atoms with van der Waals surface area (Å²) in [4.78, 5) is 39.8. The normalized spacial score (nSPS) is 14.2. The second-order valence-electron chi connectivity index (χ2n) is 8.56. The molecular weight excluding hydrogens is 618 g/mol. The number of thioether (sulfide) groups is 1. The number of methoxy groups -OCH3 is 1. The first-order valence-electron chi connectivity index (χ1n) is 12.1. The molecule has 10 heteroatoms.